The summed E-state index contributed by atoms with van der Waals surface area (Å²) in [6.07, 6.45) is 1.52. The van der Waals surface area contributed by atoms with E-state index in [1.54, 1.807) is 54.6 Å². The summed E-state index contributed by atoms with van der Waals surface area (Å²) in [5.74, 6) is -0.812. The van der Waals surface area contributed by atoms with Crippen molar-refractivity contribution in [2.75, 3.05) is 30.9 Å². The molecule has 9 nitrogen and oxygen atoms in total. The van der Waals surface area contributed by atoms with Crippen LogP contribution >= 0.6 is 23.4 Å². The van der Waals surface area contributed by atoms with E-state index in [4.69, 9.17) is 21.1 Å². The molecule has 4 amide bonds. The molecule has 0 spiro atoms. The summed E-state index contributed by atoms with van der Waals surface area (Å²) in [5, 5.41) is 5.13. The smallest absolute Gasteiger partial charge is 0.294 e. The van der Waals surface area contributed by atoms with Crippen LogP contribution in [-0.4, -0.2) is 48.1 Å². The zero-order chi connectivity index (χ0) is 27.9. The Bertz CT molecular complexity index is 1460. The number of carbonyl (C=O) groups excluding carboxylic acids is 4. The second-order valence-corrected chi connectivity index (χ2v) is 9.81. The van der Waals surface area contributed by atoms with E-state index in [1.807, 2.05) is 19.1 Å². The normalized spacial score (nSPS) is 13.9. The van der Waals surface area contributed by atoms with Gasteiger partial charge in [0.05, 0.1) is 22.7 Å². The standard InChI is InChI=1S/C28H24ClN3O6S/c1-17-7-10-19(11-8-17)30-26(34)16-38-22-12-9-18(13-23(22)37-2)14-24-27(35)32(28(36)39-24)15-25(33)31-21-6-4-3-5-20(21)29/h3-14H,15-16H2,1-2H3,(H,30,34)(H,31,33)/b24-14+. The highest BCUT2D eigenvalue weighted by Crippen LogP contribution is 2.34. The van der Waals surface area contributed by atoms with Crippen molar-refractivity contribution in [1.29, 1.82) is 0 Å². The van der Waals surface area contributed by atoms with E-state index >= 15 is 0 Å². The van der Waals surface area contributed by atoms with E-state index in [-0.39, 0.29) is 17.4 Å². The van der Waals surface area contributed by atoms with Crippen LogP contribution in [0.5, 0.6) is 11.5 Å². The monoisotopic (exact) mass is 565 g/mol. The van der Waals surface area contributed by atoms with Gasteiger partial charge >= 0.3 is 0 Å². The summed E-state index contributed by atoms with van der Waals surface area (Å²) >= 11 is 6.78. The Balaban J connectivity index is 1.38. The van der Waals surface area contributed by atoms with Crippen molar-refractivity contribution in [2.24, 2.45) is 0 Å². The van der Waals surface area contributed by atoms with Gasteiger partial charge in [0, 0.05) is 5.69 Å². The Kier molecular flexibility index (Phi) is 8.90. The third-order valence-corrected chi connectivity index (χ3v) is 6.74. The van der Waals surface area contributed by atoms with Crippen LogP contribution in [0, 0.1) is 6.92 Å². The van der Waals surface area contributed by atoms with Crippen LogP contribution in [0.2, 0.25) is 5.02 Å². The molecular formula is C28H24ClN3O6S. The SMILES string of the molecule is COc1cc(/C=C2/SC(=O)N(CC(=O)Nc3ccccc3Cl)C2=O)ccc1OCC(=O)Nc1ccc(C)cc1. The van der Waals surface area contributed by atoms with Crippen LogP contribution in [0.3, 0.4) is 0 Å². The first-order chi connectivity index (χ1) is 18.7. The molecule has 11 heteroatoms. The Hall–Kier alpha value is -4.28. The van der Waals surface area contributed by atoms with Crippen molar-refractivity contribution in [3.8, 4) is 11.5 Å². The Morgan fingerprint density at radius 3 is 2.44 bits per heavy atom. The van der Waals surface area contributed by atoms with Crippen molar-refractivity contribution in [2.45, 2.75) is 6.92 Å². The number of hydrogen-bond donors (Lipinski definition) is 2. The third-order valence-electron chi connectivity index (χ3n) is 5.50. The number of para-hydroxylation sites is 1. The number of ether oxygens (including phenoxy) is 2. The number of methoxy groups -OCH3 is 1. The molecule has 0 unspecified atom stereocenters. The topological polar surface area (TPSA) is 114 Å². The second kappa shape index (κ2) is 12.5. The van der Waals surface area contributed by atoms with Gasteiger partial charge in [-0.25, -0.2) is 0 Å². The van der Waals surface area contributed by atoms with Gasteiger partial charge in [-0.05, 0) is 66.7 Å². The quantitative estimate of drug-likeness (QED) is 0.336. The van der Waals surface area contributed by atoms with Crippen molar-refractivity contribution in [1.82, 2.24) is 4.90 Å². The van der Waals surface area contributed by atoms with E-state index in [2.05, 4.69) is 10.6 Å². The molecule has 1 saturated heterocycles. The molecule has 3 aromatic rings. The number of halogens is 1. The lowest BCUT2D eigenvalue weighted by Crippen LogP contribution is -2.36. The van der Waals surface area contributed by atoms with Gasteiger partial charge in [-0.1, -0.05) is 47.5 Å². The Morgan fingerprint density at radius 1 is 0.974 bits per heavy atom. The highest BCUT2D eigenvalue weighted by atomic mass is 35.5. The zero-order valence-electron chi connectivity index (χ0n) is 21.0. The van der Waals surface area contributed by atoms with Gasteiger partial charge in [0.1, 0.15) is 6.54 Å². The number of hydrogen-bond acceptors (Lipinski definition) is 7. The first-order valence-electron chi connectivity index (χ1n) is 11.7. The van der Waals surface area contributed by atoms with Crippen molar-refractivity contribution >= 4 is 63.8 Å². The van der Waals surface area contributed by atoms with Gasteiger partial charge in [-0.15, -0.1) is 0 Å². The number of rotatable bonds is 9. The van der Waals surface area contributed by atoms with Crippen LogP contribution in [0.15, 0.2) is 71.6 Å². The predicted octanol–water partition coefficient (Wildman–Crippen LogP) is 5.35. The van der Waals surface area contributed by atoms with Gasteiger partial charge in [0.15, 0.2) is 18.1 Å². The predicted molar refractivity (Wildman–Crippen MR) is 151 cm³/mol. The number of amides is 4. The molecule has 39 heavy (non-hydrogen) atoms. The molecule has 1 fully saturated rings. The molecular weight excluding hydrogens is 542 g/mol. The molecule has 0 atom stereocenters. The maximum absolute atomic E-state index is 12.9. The van der Waals surface area contributed by atoms with Crippen molar-refractivity contribution in [3.05, 3.63) is 87.8 Å². The number of imide groups is 1. The number of aryl methyl sites for hydroxylation is 1. The average molecular weight is 566 g/mol. The van der Waals surface area contributed by atoms with E-state index < -0.39 is 23.6 Å². The lowest BCUT2D eigenvalue weighted by atomic mass is 10.2. The lowest BCUT2D eigenvalue weighted by Gasteiger charge is -2.13. The molecule has 2 N–H and O–H groups in total. The molecule has 0 aromatic heterocycles. The highest BCUT2D eigenvalue weighted by molar-refractivity contribution is 8.18. The van der Waals surface area contributed by atoms with Gasteiger partial charge < -0.3 is 20.1 Å². The molecule has 1 heterocycles. The minimum Gasteiger partial charge on any atom is -0.493 e. The molecule has 1 aliphatic heterocycles. The molecule has 1 aliphatic rings. The lowest BCUT2D eigenvalue weighted by molar-refractivity contribution is -0.127. The largest absolute Gasteiger partial charge is 0.493 e. The number of nitrogens with one attached hydrogen (secondary N) is 2. The van der Waals surface area contributed by atoms with Crippen LogP contribution in [0.4, 0.5) is 16.2 Å². The maximum Gasteiger partial charge on any atom is 0.294 e. The van der Waals surface area contributed by atoms with E-state index in [0.717, 1.165) is 22.2 Å². The summed E-state index contributed by atoms with van der Waals surface area (Å²) < 4.78 is 11.0. The summed E-state index contributed by atoms with van der Waals surface area (Å²) in [4.78, 5) is 51.0. The summed E-state index contributed by atoms with van der Waals surface area (Å²) in [7, 11) is 1.45. The first-order valence-corrected chi connectivity index (χ1v) is 12.9. The number of benzene rings is 3. The molecule has 0 aliphatic carbocycles. The Morgan fingerprint density at radius 2 is 1.72 bits per heavy atom. The number of carbonyl (C=O) groups is 4. The van der Waals surface area contributed by atoms with Crippen LogP contribution in [0.1, 0.15) is 11.1 Å². The number of thioether (sulfide) groups is 1. The average Bonchev–Trinajstić information content (AvgIpc) is 3.17. The first kappa shape index (κ1) is 27.7. The van der Waals surface area contributed by atoms with Crippen molar-refractivity contribution < 1.29 is 28.7 Å². The van der Waals surface area contributed by atoms with E-state index in [1.165, 1.54) is 13.2 Å². The number of nitrogens with zero attached hydrogens (tertiary/aromatic N) is 1. The maximum atomic E-state index is 12.9. The third kappa shape index (κ3) is 7.18. The van der Waals surface area contributed by atoms with Gasteiger partial charge in [-0.2, -0.15) is 0 Å². The fourth-order valence-corrected chi connectivity index (χ4v) is 4.58. The van der Waals surface area contributed by atoms with Crippen LogP contribution < -0.4 is 20.1 Å². The van der Waals surface area contributed by atoms with Gasteiger partial charge in [0.25, 0.3) is 17.1 Å². The van der Waals surface area contributed by atoms with Crippen molar-refractivity contribution in [3.63, 3.8) is 0 Å². The fraction of sp³-hybridized carbons (Fsp3) is 0.143. The van der Waals surface area contributed by atoms with E-state index in [0.29, 0.717) is 33.5 Å². The minimum atomic E-state index is -0.591. The van der Waals surface area contributed by atoms with Gasteiger partial charge in [-0.3, -0.25) is 24.1 Å². The summed E-state index contributed by atoms with van der Waals surface area (Å²) in [6, 6.07) is 18.9. The van der Waals surface area contributed by atoms with Crippen LogP contribution in [-0.2, 0) is 14.4 Å². The second-order valence-electron chi connectivity index (χ2n) is 8.41. The molecule has 4 rings (SSSR count). The minimum absolute atomic E-state index is 0.152. The fourth-order valence-electron chi connectivity index (χ4n) is 3.55. The number of anilines is 2. The summed E-state index contributed by atoms with van der Waals surface area (Å²) in [6.45, 7) is 1.27. The highest BCUT2D eigenvalue weighted by Gasteiger charge is 2.36. The van der Waals surface area contributed by atoms with Gasteiger partial charge in [0.2, 0.25) is 5.91 Å². The Labute approximate surface area is 234 Å². The molecule has 0 saturated carbocycles. The molecule has 200 valence electrons. The molecule has 3 aromatic carbocycles. The van der Waals surface area contributed by atoms with Crippen LogP contribution in [0.25, 0.3) is 6.08 Å². The molecule has 0 bridgehead atoms. The zero-order valence-corrected chi connectivity index (χ0v) is 22.6. The van der Waals surface area contributed by atoms with E-state index in [9.17, 15) is 19.2 Å². The molecule has 0 radical (unpaired) electrons. The summed E-state index contributed by atoms with van der Waals surface area (Å²) in [5.41, 5.74) is 2.69.